The van der Waals surface area contributed by atoms with Crippen LogP contribution in [-0.4, -0.2) is 29.8 Å². The number of hydrogen-bond donors (Lipinski definition) is 3. The molecule has 0 radical (unpaired) electrons. The third-order valence-electron chi connectivity index (χ3n) is 2.83. The largest absolute Gasteiger partial charge is 0.492 e. The molecule has 0 aliphatic carbocycles. The lowest BCUT2D eigenvalue weighted by molar-refractivity contribution is -0.137. The van der Waals surface area contributed by atoms with Crippen molar-refractivity contribution in [2.45, 2.75) is 39.2 Å². The summed E-state index contributed by atoms with van der Waals surface area (Å²) in [6.07, 6.45) is 1.33. The van der Waals surface area contributed by atoms with Crippen molar-refractivity contribution in [1.29, 1.82) is 0 Å². The van der Waals surface area contributed by atoms with Crippen LogP contribution in [0.2, 0.25) is 0 Å². The van der Waals surface area contributed by atoms with Gasteiger partial charge < -0.3 is 20.5 Å². The van der Waals surface area contributed by atoms with E-state index in [1.807, 2.05) is 19.9 Å². The maximum atomic E-state index is 12.0. The number of ether oxygens (including phenoxy) is 1. The first-order chi connectivity index (χ1) is 10.1. The SMILES string of the molecule is CCCC(CC(=O)O)NC(=O)Nc1ccccc1OCC. The number of carbonyl (C=O) groups excluding carboxylic acids is 1. The van der Waals surface area contributed by atoms with Crippen molar-refractivity contribution in [3.05, 3.63) is 24.3 Å². The fourth-order valence-corrected chi connectivity index (χ4v) is 1.98. The number of benzene rings is 1. The summed E-state index contributed by atoms with van der Waals surface area (Å²) < 4.78 is 5.42. The average Bonchev–Trinajstić information content (AvgIpc) is 2.40. The molecule has 0 aliphatic heterocycles. The number of para-hydroxylation sites is 2. The lowest BCUT2D eigenvalue weighted by Crippen LogP contribution is -2.39. The zero-order valence-electron chi connectivity index (χ0n) is 12.4. The van der Waals surface area contributed by atoms with Crippen LogP contribution in [0.15, 0.2) is 24.3 Å². The molecule has 0 saturated carbocycles. The quantitative estimate of drug-likeness (QED) is 0.688. The Balaban J connectivity index is 2.65. The summed E-state index contributed by atoms with van der Waals surface area (Å²) in [6.45, 7) is 4.30. The summed E-state index contributed by atoms with van der Waals surface area (Å²) in [6, 6.07) is 6.29. The number of aliphatic carboxylic acids is 1. The molecule has 3 N–H and O–H groups in total. The van der Waals surface area contributed by atoms with Gasteiger partial charge in [-0.05, 0) is 25.5 Å². The molecule has 1 aromatic carbocycles. The molecular weight excluding hydrogens is 272 g/mol. The number of urea groups is 1. The molecule has 0 bridgehead atoms. The highest BCUT2D eigenvalue weighted by Crippen LogP contribution is 2.23. The minimum Gasteiger partial charge on any atom is -0.492 e. The second-order valence-electron chi connectivity index (χ2n) is 4.61. The highest BCUT2D eigenvalue weighted by Gasteiger charge is 2.16. The highest BCUT2D eigenvalue weighted by molar-refractivity contribution is 5.91. The van der Waals surface area contributed by atoms with Crippen LogP contribution < -0.4 is 15.4 Å². The monoisotopic (exact) mass is 294 g/mol. The summed E-state index contributed by atoms with van der Waals surface area (Å²) in [5.74, 6) is -0.344. The minimum absolute atomic E-state index is 0.0889. The van der Waals surface area contributed by atoms with Crippen molar-refractivity contribution in [2.24, 2.45) is 0 Å². The second-order valence-corrected chi connectivity index (χ2v) is 4.61. The second kappa shape index (κ2) is 8.84. The van der Waals surface area contributed by atoms with Crippen LogP contribution in [0.3, 0.4) is 0 Å². The zero-order chi connectivity index (χ0) is 15.7. The van der Waals surface area contributed by atoms with E-state index in [1.54, 1.807) is 18.2 Å². The number of carbonyl (C=O) groups is 2. The van der Waals surface area contributed by atoms with Gasteiger partial charge in [0.25, 0.3) is 0 Å². The maximum Gasteiger partial charge on any atom is 0.319 e. The summed E-state index contributed by atoms with van der Waals surface area (Å²) in [5.41, 5.74) is 0.558. The van der Waals surface area contributed by atoms with Crippen LogP contribution in [0.1, 0.15) is 33.1 Å². The van der Waals surface area contributed by atoms with E-state index in [0.717, 1.165) is 6.42 Å². The number of anilines is 1. The van der Waals surface area contributed by atoms with Gasteiger partial charge in [-0.2, -0.15) is 0 Å². The number of hydrogen-bond acceptors (Lipinski definition) is 3. The molecule has 6 heteroatoms. The van der Waals surface area contributed by atoms with Gasteiger partial charge >= 0.3 is 12.0 Å². The lowest BCUT2D eigenvalue weighted by atomic mass is 10.1. The Labute approximate surface area is 124 Å². The highest BCUT2D eigenvalue weighted by atomic mass is 16.5. The predicted molar refractivity (Wildman–Crippen MR) is 80.7 cm³/mol. The van der Waals surface area contributed by atoms with E-state index in [9.17, 15) is 9.59 Å². The van der Waals surface area contributed by atoms with E-state index < -0.39 is 12.0 Å². The van der Waals surface area contributed by atoms with Gasteiger partial charge in [-0.25, -0.2) is 4.79 Å². The Kier molecular flexibility index (Phi) is 7.08. The molecule has 0 spiro atoms. The van der Waals surface area contributed by atoms with E-state index in [1.165, 1.54) is 0 Å². The van der Waals surface area contributed by atoms with Gasteiger partial charge in [0, 0.05) is 6.04 Å². The summed E-state index contributed by atoms with van der Waals surface area (Å²) in [4.78, 5) is 22.7. The van der Waals surface area contributed by atoms with E-state index >= 15 is 0 Å². The predicted octanol–water partition coefficient (Wildman–Crippen LogP) is 2.85. The summed E-state index contributed by atoms with van der Waals surface area (Å²) in [5, 5.41) is 14.2. The molecule has 0 fully saturated rings. The maximum absolute atomic E-state index is 12.0. The first-order valence-electron chi connectivity index (χ1n) is 7.07. The van der Waals surface area contributed by atoms with E-state index in [-0.39, 0.29) is 12.5 Å². The Morgan fingerprint density at radius 3 is 2.62 bits per heavy atom. The Bertz CT molecular complexity index is 476. The molecule has 0 heterocycles. The van der Waals surface area contributed by atoms with Gasteiger partial charge in [-0.1, -0.05) is 25.5 Å². The van der Waals surface area contributed by atoms with Crippen LogP contribution in [0.25, 0.3) is 0 Å². The summed E-state index contributed by atoms with van der Waals surface area (Å²) >= 11 is 0. The van der Waals surface area contributed by atoms with Crippen LogP contribution >= 0.6 is 0 Å². The van der Waals surface area contributed by atoms with Crippen LogP contribution in [0.4, 0.5) is 10.5 Å². The van der Waals surface area contributed by atoms with Gasteiger partial charge in [0.15, 0.2) is 0 Å². The van der Waals surface area contributed by atoms with Crippen molar-refractivity contribution >= 4 is 17.7 Å². The molecule has 116 valence electrons. The molecule has 0 aromatic heterocycles. The van der Waals surface area contributed by atoms with Crippen LogP contribution in [-0.2, 0) is 4.79 Å². The number of carboxylic acids is 1. The first kappa shape index (κ1) is 16.8. The molecule has 2 amide bonds. The summed E-state index contributed by atoms with van der Waals surface area (Å²) in [7, 11) is 0. The Morgan fingerprint density at radius 1 is 1.29 bits per heavy atom. The van der Waals surface area contributed by atoms with Gasteiger partial charge in [-0.15, -0.1) is 0 Å². The number of rotatable bonds is 8. The molecule has 1 unspecified atom stereocenters. The molecule has 6 nitrogen and oxygen atoms in total. The van der Waals surface area contributed by atoms with Crippen molar-refractivity contribution in [3.63, 3.8) is 0 Å². The van der Waals surface area contributed by atoms with Crippen LogP contribution in [0, 0.1) is 0 Å². The molecule has 1 aromatic rings. The van der Waals surface area contributed by atoms with Crippen LogP contribution in [0.5, 0.6) is 5.75 Å². The number of amides is 2. The zero-order valence-corrected chi connectivity index (χ0v) is 12.4. The third-order valence-corrected chi connectivity index (χ3v) is 2.83. The molecule has 1 rings (SSSR count). The lowest BCUT2D eigenvalue weighted by Gasteiger charge is -2.17. The normalized spacial score (nSPS) is 11.5. The molecule has 0 aliphatic rings. The van der Waals surface area contributed by atoms with Crippen molar-refractivity contribution in [3.8, 4) is 5.75 Å². The minimum atomic E-state index is -0.927. The van der Waals surface area contributed by atoms with Gasteiger partial charge in [-0.3, -0.25) is 4.79 Å². The fourth-order valence-electron chi connectivity index (χ4n) is 1.98. The number of carboxylic acid groups (broad SMARTS) is 1. The molecule has 0 saturated heterocycles. The van der Waals surface area contributed by atoms with Crippen molar-refractivity contribution < 1.29 is 19.4 Å². The third kappa shape index (κ3) is 6.16. The number of nitrogens with one attached hydrogen (secondary N) is 2. The standard InChI is InChI=1S/C15H22N2O4/c1-3-7-11(10-14(18)19)16-15(20)17-12-8-5-6-9-13(12)21-4-2/h5-6,8-9,11H,3-4,7,10H2,1-2H3,(H,18,19)(H2,16,17,20). The first-order valence-corrected chi connectivity index (χ1v) is 7.07. The van der Waals surface area contributed by atoms with Crippen molar-refractivity contribution in [2.75, 3.05) is 11.9 Å². The van der Waals surface area contributed by atoms with E-state index in [2.05, 4.69) is 10.6 Å². The Hall–Kier alpha value is -2.24. The average molecular weight is 294 g/mol. The molecule has 1 atom stereocenters. The van der Waals surface area contributed by atoms with Gasteiger partial charge in [0.1, 0.15) is 5.75 Å². The van der Waals surface area contributed by atoms with E-state index in [0.29, 0.717) is 24.5 Å². The Morgan fingerprint density at radius 2 is 2.00 bits per heavy atom. The van der Waals surface area contributed by atoms with Gasteiger partial charge in [0.2, 0.25) is 0 Å². The van der Waals surface area contributed by atoms with Gasteiger partial charge in [0.05, 0.1) is 18.7 Å². The molecule has 21 heavy (non-hydrogen) atoms. The topological polar surface area (TPSA) is 87.7 Å². The fraction of sp³-hybridized carbons (Fsp3) is 0.467. The smallest absolute Gasteiger partial charge is 0.319 e. The molecular formula is C15H22N2O4. The van der Waals surface area contributed by atoms with E-state index in [4.69, 9.17) is 9.84 Å². The van der Waals surface area contributed by atoms with Crippen molar-refractivity contribution in [1.82, 2.24) is 5.32 Å².